The molecule has 0 fully saturated rings. The summed E-state index contributed by atoms with van der Waals surface area (Å²) in [5.41, 5.74) is 7.50. The summed E-state index contributed by atoms with van der Waals surface area (Å²) in [4.78, 5) is 2.38. The maximum absolute atomic E-state index is 6.49. The third-order valence-electron chi connectivity index (χ3n) is 8.43. The molecule has 0 atom stereocenters. The van der Waals surface area contributed by atoms with Crippen LogP contribution in [0.5, 0.6) is 0 Å². The quantitative estimate of drug-likeness (QED) is 0.210. The molecule has 43 heavy (non-hydrogen) atoms. The first-order valence-electron chi connectivity index (χ1n) is 14.5. The summed E-state index contributed by atoms with van der Waals surface area (Å²) in [5.74, 6) is 0. The lowest BCUT2D eigenvalue weighted by molar-refractivity contribution is 0.669. The molecule has 3 heteroatoms. The first kappa shape index (κ1) is 24.2. The second-order valence-electron chi connectivity index (χ2n) is 11.0. The summed E-state index contributed by atoms with van der Waals surface area (Å²) in [7, 11) is 0. The first-order valence-corrected chi connectivity index (χ1v) is 15.3. The Morgan fingerprint density at radius 3 is 2.00 bits per heavy atom. The van der Waals surface area contributed by atoms with E-state index in [-0.39, 0.29) is 0 Å². The van der Waals surface area contributed by atoms with Gasteiger partial charge in [-0.1, -0.05) is 91.0 Å². The van der Waals surface area contributed by atoms with Gasteiger partial charge in [0.05, 0.1) is 11.1 Å². The maximum Gasteiger partial charge on any atom is 0.137 e. The number of rotatable bonds is 4. The summed E-state index contributed by atoms with van der Waals surface area (Å²) in [6.45, 7) is 0. The zero-order chi connectivity index (χ0) is 28.3. The molecule has 7 aromatic carbocycles. The van der Waals surface area contributed by atoms with Crippen LogP contribution in [0.15, 0.2) is 156 Å². The van der Waals surface area contributed by atoms with Crippen molar-refractivity contribution in [2.45, 2.75) is 0 Å². The van der Waals surface area contributed by atoms with Crippen LogP contribution in [0, 0.1) is 0 Å². The predicted molar refractivity (Wildman–Crippen MR) is 184 cm³/mol. The third kappa shape index (κ3) is 3.93. The fourth-order valence-electron chi connectivity index (χ4n) is 6.39. The number of hydrogen-bond acceptors (Lipinski definition) is 3. The summed E-state index contributed by atoms with van der Waals surface area (Å²) >= 11 is 1.85. The van der Waals surface area contributed by atoms with Crippen molar-refractivity contribution in [1.29, 1.82) is 0 Å². The highest BCUT2D eigenvalue weighted by atomic mass is 32.1. The van der Waals surface area contributed by atoms with Crippen LogP contribution < -0.4 is 4.90 Å². The van der Waals surface area contributed by atoms with Crippen molar-refractivity contribution in [3.63, 3.8) is 0 Å². The second kappa shape index (κ2) is 9.59. The van der Waals surface area contributed by atoms with Gasteiger partial charge in [-0.05, 0) is 82.6 Å². The van der Waals surface area contributed by atoms with Crippen LogP contribution in [-0.2, 0) is 0 Å². The lowest BCUT2D eigenvalue weighted by Crippen LogP contribution is -2.10. The van der Waals surface area contributed by atoms with Crippen molar-refractivity contribution >= 4 is 81.3 Å². The molecule has 0 N–H and O–H groups in total. The van der Waals surface area contributed by atoms with Gasteiger partial charge in [0.2, 0.25) is 0 Å². The van der Waals surface area contributed by atoms with E-state index in [0.717, 1.165) is 39.0 Å². The van der Waals surface area contributed by atoms with E-state index in [4.69, 9.17) is 4.42 Å². The van der Waals surface area contributed by atoms with Crippen LogP contribution in [0.25, 0.3) is 64.0 Å². The van der Waals surface area contributed by atoms with Crippen LogP contribution >= 0.6 is 11.3 Å². The molecule has 0 spiro atoms. The van der Waals surface area contributed by atoms with Gasteiger partial charge in [0.1, 0.15) is 11.2 Å². The lowest BCUT2D eigenvalue weighted by atomic mass is 10.0. The van der Waals surface area contributed by atoms with E-state index in [1.807, 2.05) is 11.3 Å². The minimum Gasteiger partial charge on any atom is -0.456 e. The molecule has 9 aromatic rings. The zero-order valence-electron chi connectivity index (χ0n) is 23.2. The topological polar surface area (TPSA) is 16.4 Å². The fraction of sp³-hybridized carbons (Fsp3) is 0. The van der Waals surface area contributed by atoms with E-state index in [1.54, 1.807) is 0 Å². The standard InChI is InChI=1S/C40H25NOS/c1-2-9-26(10-3-1)27-17-19-30(20-18-27)41(31-21-22-39-33(25-31)32-13-6-7-16-38(32)43-39)35-14-8-15-36-40(35)34-23-28-11-4-5-12-29(28)24-37(34)42-36/h1-25H. The van der Waals surface area contributed by atoms with Crippen LogP contribution in [0.4, 0.5) is 17.1 Å². The zero-order valence-corrected chi connectivity index (χ0v) is 24.0. The van der Waals surface area contributed by atoms with Crippen molar-refractivity contribution in [3.05, 3.63) is 152 Å². The molecule has 0 aliphatic carbocycles. The van der Waals surface area contributed by atoms with E-state index in [1.165, 1.54) is 42.1 Å². The van der Waals surface area contributed by atoms with E-state index in [9.17, 15) is 0 Å². The number of anilines is 3. The Morgan fingerprint density at radius 2 is 1.14 bits per heavy atom. The van der Waals surface area contributed by atoms with E-state index in [0.29, 0.717) is 0 Å². The van der Waals surface area contributed by atoms with Crippen molar-refractivity contribution in [3.8, 4) is 11.1 Å². The molecule has 0 radical (unpaired) electrons. The SMILES string of the molecule is c1ccc(-c2ccc(N(c3ccc4sc5ccccc5c4c3)c3cccc4oc5cc6ccccc6cc5c34)cc2)cc1. The molecular formula is C40H25NOS. The summed E-state index contributed by atoms with van der Waals surface area (Å²) in [6, 6.07) is 54.3. The van der Waals surface area contributed by atoms with Crippen LogP contribution in [0.3, 0.4) is 0 Å². The van der Waals surface area contributed by atoms with E-state index < -0.39 is 0 Å². The number of nitrogens with zero attached hydrogens (tertiary/aromatic N) is 1. The average Bonchev–Trinajstić information content (AvgIpc) is 3.62. The minimum atomic E-state index is 0.885. The van der Waals surface area contributed by atoms with Crippen molar-refractivity contribution in [2.24, 2.45) is 0 Å². The highest BCUT2D eigenvalue weighted by molar-refractivity contribution is 7.25. The largest absolute Gasteiger partial charge is 0.456 e. The average molecular weight is 568 g/mol. The van der Waals surface area contributed by atoms with Crippen LogP contribution in [0.2, 0.25) is 0 Å². The third-order valence-corrected chi connectivity index (χ3v) is 9.59. The van der Waals surface area contributed by atoms with Crippen molar-refractivity contribution in [1.82, 2.24) is 0 Å². The van der Waals surface area contributed by atoms with Crippen molar-refractivity contribution < 1.29 is 4.42 Å². The van der Waals surface area contributed by atoms with Gasteiger partial charge in [-0.2, -0.15) is 0 Å². The molecule has 9 rings (SSSR count). The fourth-order valence-corrected chi connectivity index (χ4v) is 7.48. The molecule has 0 bridgehead atoms. The normalized spacial score (nSPS) is 11.7. The van der Waals surface area contributed by atoms with E-state index in [2.05, 4.69) is 157 Å². The Morgan fingerprint density at radius 1 is 0.442 bits per heavy atom. The lowest BCUT2D eigenvalue weighted by Gasteiger charge is -2.26. The van der Waals surface area contributed by atoms with Gasteiger partial charge in [-0.3, -0.25) is 0 Å². The van der Waals surface area contributed by atoms with Gasteiger partial charge in [0, 0.05) is 36.9 Å². The number of hydrogen-bond donors (Lipinski definition) is 0. The smallest absolute Gasteiger partial charge is 0.137 e. The van der Waals surface area contributed by atoms with Crippen molar-refractivity contribution in [2.75, 3.05) is 4.90 Å². The molecule has 2 heterocycles. The maximum atomic E-state index is 6.49. The molecule has 0 saturated carbocycles. The Hall–Kier alpha value is -5.38. The number of furan rings is 1. The van der Waals surface area contributed by atoms with Gasteiger partial charge >= 0.3 is 0 Å². The second-order valence-corrected chi connectivity index (χ2v) is 12.1. The van der Waals surface area contributed by atoms with Gasteiger partial charge < -0.3 is 9.32 Å². The molecule has 0 aliphatic rings. The summed E-state index contributed by atoms with van der Waals surface area (Å²) < 4.78 is 9.09. The molecule has 202 valence electrons. The number of benzene rings is 7. The Labute approximate surface area is 252 Å². The van der Waals surface area contributed by atoms with E-state index >= 15 is 0 Å². The summed E-state index contributed by atoms with van der Waals surface area (Å²) in [6.07, 6.45) is 0. The molecule has 2 aromatic heterocycles. The van der Waals surface area contributed by atoms with Gasteiger partial charge in [0.15, 0.2) is 0 Å². The van der Waals surface area contributed by atoms with Gasteiger partial charge in [-0.25, -0.2) is 0 Å². The predicted octanol–water partition coefficient (Wildman–Crippen LogP) is 12.2. The van der Waals surface area contributed by atoms with Gasteiger partial charge in [-0.15, -0.1) is 11.3 Å². The molecule has 0 saturated heterocycles. The van der Waals surface area contributed by atoms with Crippen LogP contribution in [0.1, 0.15) is 0 Å². The molecule has 2 nitrogen and oxygen atoms in total. The first-order chi connectivity index (χ1) is 21.3. The molecule has 0 amide bonds. The Balaban J connectivity index is 1.31. The molecule has 0 unspecified atom stereocenters. The monoisotopic (exact) mass is 567 g/mol. The highest BCUT2D eigenvalue weighted by Gasteiger charge is 2.20. The number of fused-ring (bicyclic) bond motifs is 7. The summed E-state index contributed by atoms with van der Waals surface area (Å²) in [5, 5.41) is 7.19. The van der Waals surface area contributed by atoms with Crippen LogP contribution in [-0.4, -0.2) is 0 Å². The minimum absolute atomic E-state index is 0.885. The van der Waals surface area contributed by atoms with Gasteiger partial charge in [0.25, 0.3) is 0 Å². The highest BCUT2D eigenvalue weighted by Crippen LogP contribution is 2.45. The Bertz CT molecular complexity index is 2450. The number of thiophene rings is 1. The molecular weight excluding hydrogens is 543 g/mol. The Kier molecular flexibility index (Phi) is 5.40. The molecule has 0 aliphatic heterocycles.